The van der Waals surface area contributed by atoms with Gasteiger partial charge in [-0.15, -0.1) is 0 Å². The molecule has 5 heteroatoms. The Balaban J connectivity index is 1.59. The maximum absolute atomic E-state index is 13.0. The summed E-state index contributed by atoms with van der Waals surface area (Å²) < 4.78 is 5.14. The minimum Gasteiger partial charge on any atom is -0.497 e. The number of para-hydroxylation sites is 2. The number of ether oxygens (including phenoxy) is 1. The van der Waals surface area contributed by atoms with Gasteiger partial charge in [0, 0.05) is 11.3 Å². The van der Waals surface area contributed by atoms with Gasteiger partial charge in [0.1, 0.15) is 12.4 Å². The molecule has 0 aromatic heterocycles. The third kappa shape index (κ3) is 3.27. The van der Waals surface area contributed by atoms with Crippen molar-refractivity contribution in [2.45, 2.75) is 6.61 Å². The van der Waals surface area contributed by atoms with Gasteiger partial charge in [0.2, 0.25) is 0 Å². The predicted molar refractivity (Wildman–Crippen MR) is 104 cm³/mol. The Hall–Kier alpha value is -3.60. The van der Waals surface area contributed by atoms with Gasteiger partial charge >= 0.3 is 0 Å². The first-order valence-corrected chi connectivity index (χ1v) is 8.60. The Morgan fingerprint density at radius 1 is 0.889 bits per heavy atom. The molecule has 5 nitrogen and oxygen atoms in total. The first-order valence-electron chi connectivity index (χ1n) is 8.60. The second-order valence-electron chi connectivity index (χ2n) is 6.05. The summed E-state index contributed by atoms with van der Waals surface area (Å²) in [7, 11) is 1.62. The standard InChI is InChI=1S/C22H18N2O3/c1-26-18-13-11-16(12-14-18)15-27-23-21-19-9-5-6-10-20(19)24(22(21)25)17-7-3-2-4-8-17/h2-14H,15H2,1H3. The molecule has 1 amide bonds. The van der Waals surface area contributed by atoms with Crippen LogP contribution in [0.15, 0.2) is 84.0 Å². The molecule has 27 heavy (non-hydrogen) atoms. The summed E-state index contributed by atoms with van der Waals surface area (Å²) in [6.45, 7) is 0.272. The van der Waals surface area contributed by atoms with E-state index in [1.807, 2.05) is 78.9 Å². The van der Waals surface area contributed by atoms with Crippen LogP contribution in [-0.4, -0.2) is 18.7 Å². The number of anilines is 2. The van der Waals surface area contributed by atoms with Crippen LogP contribution in [-0.2, 0) is 16.2 Å². The fourth-order valence-corrected chi connectivity index (χ4v) is 3.01. The molecule has 0 spiro atoms. The van der Waals surface area contributed by atoms with E-state index >= 15 is 0 Å². The summed E-state index contributed by atoms with van der Waals surface area (Å²) in [6, 6.07) is 24.6. The highest BCUT2D eigenvalue weighted by Crippen LogP contribution is 2.35. The highest BCUT2D eigenvalue weighted by molar-refractivity contribution is 6.55. The molecule has 4 rings (SSSR count). The molecular weight excluding hydrogens is 340 g/mol. The van der Waals surface area contributed by atoms with Gasteiger partial charge in [-0.2, -0.15) is 0 Å². The molecule has 0 N–H and O–H groups in total. The van der Waals surface area contributed by atoms with Crippen LogP contribution in [0, 0.1) is 0 Å². The van der Waals surface area contributed by atoms with Crippen molar-refractivity contribution in [1.29, 1.82) is 0 Å². The largest absolute Gasteiger partial charge is 0.497 e. The lowest BCUT2D eigenvalue weighted by molar-refractivity contribution is -0.111. The van der Waals surface area contributed by atoms with Crippen molar-refractivity contribution in [3.05, 3.63) is 90.0 Å². The van der Waals surface area contributed by atoms with Crippen molar-refractivity contribution in [3.63, 3.8) is 0 Å². The van der Waals surface area contributed by atoms with E-state index in [9.17, 15) is 4.79 Å². The number of hydrogen-bond donors (Lipinski definition) is 0. The number of carbonyl (C=O) groups excluding carboxylic acids is 1. The number of nitrogens with zero attached hydrogens (tertiary/aromatic N) is 2. The number of oxime groups is 1. The van der Waals surface area contributed by atoms with Crippen LogP contribution in [0.25, 0.3) is 0 Å². The van der Waals surface area contributed by atoms with Gasteiger partial charge in [0.15, 0.2) is 5.71 Å². The molecule has 1 aliphatic heterocycles. The smallest absolute Gasteiger partial charge is 0.285 e. The van der Waals surface area contributed by atoms with E-state index in [-0.39, 0.29) is 12.5 Å². The molecule has 134 valence electrons. The Labute approximate surface area is 157 Å². The monoisotopic (exact) mass is 358 g/mol. The molecule has 3 aromatic rings. The minimum atomic E-state index is -0.197. The number of benzene rings is 3. The van der Waals surface area contributed by atoms with Gasteiger partial charge in [0.25, 0.3) is 5.91 Å². The van der Waals surface area contributed by atoms with E-state index in [2.05, 4.69) is 5.16 Å². The maximum atomic E-state index is 13.0. The molecule has 0 fully saturated rings. The lowest BCUT2D eigenvalue weighted by atomic mass is 10.1. The summed E-state index contributed by atoms with van der Waals surface area (Å²) >= 11 is 0. The van der Waals surface area contributed by atoms with Crippen molar-refractivity contribution < 1.29 is 14.4 Å². The third-order valence-corrected chi connectivity index (χ3v) is 4.37. The first kappa shape index (κ1) is 16.8. The van der Waals surface area contributed by atoms with E-state index in [1.165, 1.54) is 0 Å². The second-order valence-corrected chi connectivity index (χ2v) is 6.05. The Morgan fingerprint density at radius 3 is 2.33 bits per heavy atom. The normalized spacial score (nSPS) is 14.3. The fraction of sp³-hybridized carbons (Fsp3) is 0.0909. The summed E-state index contributed by atoms with van der Waals surface area (Å²) in [5.41, 5.74) is 3.62. The Kier molecular flexibility index (Phi) is 4.58. The van der Waals surface area contributed by atoms with Gasteiger partial charge < -0.3 is 9.57 Å². The topological polar surface area (TPSA) is 51.1 Å². The van der Waals surface area contributed by atoms with Crippen molar-refractivity contribution in [1.82, 2.24) is 0 Å². The predicted octanol–water partition coefficient (Wildman–Crippen LogP) is 4.29. The highest BCUT2D eigenvalue weighted by atomic mass is 16.6. The van der Waals surface area contributed by atoms with Crippen LogP contribution in [0.3, 0.4) is 0 Å². The maximum Gasteiger partial charge on any atom is 0.285 e. The van der Waals surface area contributed by atoms with E-state index in [0.29, 0.717) is 5.71 Å². The van der Waals surface area contributed by atoms with Crippen molar-refractivity contribution in [3.8, 4) is 5.75 Å². The van der Waals surface area contributed by atoms with Crippen LogP contribution >= 0.6 is 0 Å². The average molecular weight is 358 g/mol. The van der Waals surface area contributed by atoms with E-state index in [4.69, 9.17) is 9.57 Å². The molecule has 0 aliphatic carbocycles. The molecule has 0 bridgehead atoms. The lowest BCUT2D eigenvalue weighted by Gasteiger charge is -2.16. The second kappa shape index (κ2) is 7.33. The summed E-state index contributed by atoms with van der Waals surface area (Å²) in [5, 5.41) is 4.15. The minimum absolute atomic E-state index is 0.197. The number of amides is 1. The van der Waals surface area contributed by atoms with Crippen LogP contribution in [0.5, 0.6) is 5.75 Å². The number of rotatable bonds is 5. The lowest BCUT2D eigenvalue weighted by Crippen LogP contribution is -2.25. The SMILES string of the molecule is COc1ccc(CON=C2C(=O)N(c3ccccc3)c3ccccc32)cc1. The van der Waals surface area contributed by atoms with Crippen LogP contribution in [0.2, 0.25) is 0 Å². The van der Waals surface area contributed by atoms with Gasteiger partial charge in [-0.25, -0.2) is 0 Å². The zero-order valence-electron chi connectivity index (χ0n) is 14.8. The molecule has 0 atom stereocenters. The van der Waals surface area contributed by atoms with Crippen LogP contribution in [0.4, 0.5) is 11.4 Å². The molecule has 1 aliphatic rings. The first-order chi connectivity index (χ1) is 13.3. The summed E-state index contributed by atoms with van der Waals surface area (Å²) in [6.07, 6.45) is 0. The molecule has 0 saturated heterocycles. The zero-order chi connectivity index (χ0) is 18.6. The zero-order valence-corrected chi connectivity index (χ0v) is 14.8. The van der Waals surface area contributed by atoms with Crippen molar-refractivity contribution in [2.24, 2.45) is 5.16 Å². The average Bonchev–Trinajstić information content (AvgIpc) is 3.01. The number of fused-ring (bicyclic) bond motifs is 1. The fourth-order valence-electron chi connectivity index (χ4n) is 3.01. The quantitative estimate of drug-likeness (QED) is 0.639. The van der Waals surface area contributed by atoms with Crippen LogP contribution in [0.1, 0.15) is 11.1 Å². The van der Waals surface area contributed by atoms with Gasteiger partial charge in [-0.1, -0.05) is 53.7 Å². The third-order valence-electron chi connectivity index (χ3n) is 4.37. The van der Waals surface area contributed by atoms with E-state index in [1.54, 1.807) is 12.0 Å². The van der Waals surface area contributed by atoms with E-state index < -0.39 is 0 Å². The van der Waals surface area contributed by atoms with Gasteiger partial charge in [0.05, 0.1) is 12.8 Å². The molecule has 0 saturated carbocycles. The number of carbonyl (C=O) groups is 1. The van der Waals surface area contributed by atoms with Crippen LogP contribution < -0.4 is 9.64 Å². The van der Waals surface area contributed by atoms with Crippen molar-refractivity contribution >= 4 is 23.0 Å². The Morgan fingerprint density at radius 2 is 1.59 bits per heavy atom. The summed E-state index contributed by atoms with van der Waals surface area (Å²) in [4.78, 5) is 20.1. The molecule has 0 radical (unpaired) electrons. The molecule has 3 aromatic carbocycles. The number of methoxy groups -OCH3 is 1. The van der Waals surface area contributed by atoms with Gasteiger partial charge in [-0.05, 0) is 35.9 Å². The Bertz CT molecular complexity index is 982. The molecule has 1 heterocycles. The van der Waals surface area contributed by atoms with Crippen molar-refractivity contribution in [2.75, 3.05) is 12.0 Å². The highest BCUT2D eigenvalue weighted by Gasteiger charge is 2.35. The van der Waals surface area contributed by atoms with E-state index in [0.717, 1.165) is 28.3 Å². The van der Waals surface area contributed by atoms with Gasteiger partial charge in [-0.3, -0.25) is 9.69 Å². The number of hydrogen-bond acceptors (Lipinski definition) is 4. The molecular formula is C22H18N2O3. The summed E-state index contributed by atoms with van der Waals surface area (Å²) in [5.74, 6) is 0.584. The molecule has 0 unspecified atom stereocenters.